The fourth-order valence-electron chi connectivity index (χ4n) is 4.26. The molecule has 2 aromatic carbocycles. The van der Waals surface area contributed by atoms with Crippen LogP contribution in [0.3, 0.4) is 0 Å². The van der Waals surface area contributed by atoms with Gasteiger partial charge in [-0.25, -0.2) is 9.59 Å². The lowest BCUT2D eigenvalue weighted by molar-refractivity contribution is -0.134. The van der Waals surface area contributed by atoms with Crippen molar-refractivity contribution in [3.8, 4) is 0 Å². The third kappa shape index (κ3) is 4.67. The Morgan fingerprint density at radius 3 is 1.93 bits per heavy atom. The van der Waals surface area contributed by atoms with E-state index in [2.05, 4.69) is 60.5 Å². The van der Waals surface area contributed by atoms with Crippen LogP contribution >= 0.6 is 0 Å². The van der Waals surface area contributed by atoms with Crippen molar-refractivity contribution in [3.63, 3.8) is 0 Å². The second-order valence-electron chi connectivity index (χ2n) is 7.35. The van der Waals surface area contributed by atoms with E-state index in [9.17, 15) is 9.59 Å². The number of likely N-dealkylation sites (tertiary alicyclic amines) is 1. The second-order valence-corrected chi connectivity index (χ2v) is 7.35. The molecule has 1 saturated heterocycles. The maximum atomic E-state index is 9.55. The summed E-state index contributed by atoms with van der Waals surface area (Å²) in [5.41, 5.74) is 6.25. The monoisotopic (exact) mass is 379 g/mol. The van der Waals surface area contributed by atoms with Gasteiger partial charge in [0, 0.05) is 24.6 Å². The average molecular weight is 379 g/mol. The van der Waals surface area contributed by atoms with Crippen molar-refractivity contribution >= 4 is 11.9 Å². The lowest BCUT2D eigenvalue weighted by Crippen LogP contribution is -2.35. The smallest absolute Gasteiger partial charge is 0.328 e. The van der Waals surface area contributed by atoms with Gasteiger partial charge in [0.1, 0.15) is 0 Å². The van der Waals surface area contributed by atoms with Crippen molar-refractivity contribution in [2.24, 2.45) is 0 Å². The number of carbonyl (C=O) groups is 2. The molecule has 2 N–H and O–H groups in total. The summed E-state index contributed by atoms with van der Waals surface area (Å²) in [6, 6.07) is 18.2. The summed E-state index contributed by atoms with van der Waals surface area (Å²) in [7, 11) is 2.26. The molecule has 0 unspecified atom stereocenters. The fourth-order valence-corrected chi connectivity index (χ4v) is 4.26. The summed E-state index contributed by atoms with van der Waals surface area (Å²) in [6.07, 6.45) is 3.50. The lowest BCUT2D eigenvalue weighted by atomic mass is 9.77. The number of hydrogen-bond donors (Lipinski definition) is 2. The molecule has 0 aromatic heterocycles. The summed E-state index contributed by atoms with van der Waals surface area (Å²) >= 11 is 0. The van der Waals surface area contributed by atoms with E-state index in [0.29, 0.717) is 24.0 Å². The Hall–Kier alpha value is -2.92. The zero-order valence-electron chi connectivity index (χ0n) is 15.9. The zero-order valence-corrected chi connectivity index (χ0v) is 15.9. The van der Waals surface area contributed by atoms with Gasteiger partial charge in [0.2, 0.25) is 0 Å². The third-order valence-electron chi connectivity index (χ3n) is 5.47. The predicted molar refractivity (Wildman–Crippen MR) is 108 cm³/mol. The molecule has 2 atom stereocenters. The molecular weight excluding hydrogens is 354 g/mol. The van der Waals surface area contributed by atoms with Crippen LogP contribution in [0.1, 0.15) is 40.5 Å². The number of rotatable bonds is 2. The minimum absolute atomic E-state index is 0.558. The van der Waals surface area contributed by atoms with Crippen molar-refractivity contribution in [2.45, 2.75) is 24.7 Å². The molecule has 5 heteroatoms. The molecule has 146 valence electrons. The fraction of sp³-hybridized carbons (Fsp3) is 0.304. The van der Waals surface area contributed by atoms with Crippen molar-refractivity contribution in [1.29, 1.82) is 0 Å². The van der Waals surface area contributed by atoms with Crippen molar-refractivity contribution in [2.75, 3.05) is 20.1 Å². The number of hydrogen-bond acceptors (Lipinski definition) is 3. The highest BCUT2D eigenvalue weighted by atomic mass is 16.4. The van der Waals surface area contributed by atoms with Crippen LogP contribution in [0.4, 0.5) is 0 Å². The second kappa shape index (κ2) is 8.85. The quantitative estimate of drug-likeness (QED) is 0.781. The maximum absolute atomic E-state index is 9.55. The van der Waals surface area contributed by atoms with E-state index in [4.69, 9.17) is 10.2 Å². The van der Waals surface area contributed by atoms with Crippen LogP contribution in [-0.4, -0.2) is 47.2 Å². The first kappa shape index (κ1) is 19.8. The summed E-state index contributed by atoms with van der Waals surface area (Å²) in [4.78, 5) is 21.6. The number of piperidine rings is 1. The lowest BCUT2D eigenvalue weighted by Gasteiger charge is -2.37. The summed E-state index contributed by atoms with van der Waals surface area (Å²) < 4.78 is 0. The minimum Gasteiger partial charge on any atom is -0.478 e. The van der Waals surface area contributed by atoms with E-state index in [1.54, 1.807) is 11.1 Å². The Labute approximate surface area is 164 Å². The van der Waals surface area contributed by atoms with Gasteiger partial charge in [-0.2, -0.15) is 0 Å². The summed E-state index contributed by atoms with van der Waals surface area (Å²) in [6.45, 7) is 2.41. The zero-order chi connectivity index (χ0) is 20.1. The highest BCUT2D eigenvalue weighted by Crippen LogP contribution is 2.44. The molecule has 1 heterocycles. The first-order valence-corrected chi connectivity index (χ1v) is 9.43. The summed E-state index contributed by atoms with van der Waals surface area (Å²) in [5.74, 6) is -1.15. The highest BCUT2D eigenvalue weighted by Gasteiger charge is 2.34. The molecule has 2 aliphatic rings. The van der Waals surface area contributed by atoms with Crippen LogP contribution in [-0.2, 0) is 16.0 Å². The van der Waals surface area contributed by atoms with E-state index >= 15 is 0 Å². The van der Waals surface area contributed by atoms with E-state index in [1.807, 2.05) is 0 Å². The van der Waals surface area contributed by atoms with Crippen molar-refractivity contribution < 1.29 is 19.8 Å². The van der Waals surface area contributed by atoms with E-state index in [1.165, 1.54) is 30.6 Å². The molecule has 1 aliphatic carbocycles. The van der Waals surface area contributed by atoms with Gasteiger partial charge in [-0.05, 0) is 54.6 Å². The van der Waals surface area contributed by atoms with Gasteiger partial charge in [0.15, 0.2) is 0 Å². The molecule has 28 heavy (non-hydrogen) atoms. The first-order valence-electron chi connectivity index (χ1n) is 9.43. The molecule has 1 fully saturated rings. The topological polar surface area (TPSA) is 77.8 Å². The van der Waals surface area contributed by atoms with Crippen LogP contribution in [0.2, 0.25) is 0 Å². The molecule has 4 rings (SSSR count). The van der Waals surface area contributed by atoms with Crippen LogP contribution < -0.4 is 0 Å². The minimum atomic E-state index is -1.26. The number of carboxylic acid groups (broad SMARTS) is 2. The number of fused-ring (bicyclic) bond motifs is 5. The number of likely N-dealkylation sites (N-methyl/N-ethyl adjacent to an activating group) is 1. The Morgan fingerprint density at radius 1 is 0.893 bits per heavy atom. The molecule has 5 nitrogen and oxygen atoms in total. The molecule has 0 bridgehead atoms. The van der Waals surface area contributed by atoms with Crippen molar-refractivity contribution in [3.05, 3.63) is 82.9 Å². The molecule has 0 spiro atoms. The van der Waals surface area contributed by atoms with Crippen LogP contribution in [0, 0.1) is 0 Å². The highest BCUT2D eigenvalue weighted by molar-refractivity contribution is 5.89. The van der Waals surface area contributed by atoms with E-state index in [-0.39, 0.29) is 0 Å². The van der Waals surface area contributed by atoms with Crippen LogP contribution in [0.15, 0.2) is 60.7 Å². The van der Waals surface area contributed by atoms with Gasteiger partial charge in [-0.3, -0.25) is 0 Å². The van der Waals surface area contributed by atoms with Gasteiger partial charge in [-0.15, -0.1) is 0 Å². The standard InChI is InChI=1S/C19H21N.C4H4O4/c1-20-11-10-18-16-8-4-2-6-14(16)12-15-7-3-5-9-17(15)19(18)13-20;5-3(6)1-2-4(7)8/h2-9,18-19H,10-13H2,1H3;1-2H,(H,5,6)(H,7,8)/b;2-1-/t18-,19+;/m1./s1. The number of carboxylic acids is 2. The number of aliphatic carboxylic acids is 2. The Bertz CT molecular complexity index is 874. The Balaban J connectivity index is 0.000000242. The maximum Gasteiger partial charge on any atom is 0.328 e. The summed E-state index contributed by atoms with van der Waals surface area (Å²) in [5, 5.41) is 15.6. The van der Waals surface area contributed by atoms with Gasteiger partial charge in [0.25, 0.3) is 0 Å². The largest absolute Gasteiger partial charge is 0.478 e. The van der Waals surface area contributed by atoms with Crippen molar-refractivity contribution in [1.82, 2.24) is 4.90 Å². The average Bonchev–Trinajstić information content (AvgIpc) is 2.81. The van der Waals surface area contributed by atoms with E-state index in [0.717, 1.165) is 6.42 Å². The van der Waals surface area contributed by atoms with Crippen LogP contribution in [0.25, 0.3) is 0 Å². The van der Waals surface area contributed by atoms with Gasteiger partial charge in [0.05, 0.1) is 0 Å². The van der Waals surface area contributed by atoms with Gasteiger partial charge in [-0.1, -0.05) is 48.5 Å². The third-order valence-corrected chi connectivity index (χ3v) is 5.47. The molecule has 0 amide bonds. The normalized spacial score (nSPS) is 20.8. The molecule has 0 saturated carbocycles. The predicted octanol–water partition coefficient (Wildman–Crippen LogP) is 3.51. The van der Waals surface area contributed by atoms with Gasteiger partial charge < -0.3 is 15.1 Å². The van der Waals surface area contributed by atoms with Crippen LogP contribution in [0.5, 0.6) is 0 Å². The SMILES string of the molecule is CN1CC[C@@H]2c3ccccc3Cc3ccccc3[C@@H]2C1.O=C(O)/C=C\C(=O)O. The first-order chi connectivity index (χ1) is 13.5. The number of benzene rings is 2. The molecular formula is C23H25NO4. The molecule has 1 aliphatic heterocycles. The van der Waals surface area contributed by atoms with E-state index < -0.39 is 11.9 Å². The Morgan fingerprint density at radius 2 is 1.39 bits per heavy atom. The Kier molecular flexibility index (Phi) is 6.26. The molecule has 0 radical (unpaired) electrons. The number of nitrogens with zero attached hydrogens (tertiary/aromatic N) is 1. The van der Waals surface area contributed by atoms with Gasteiger partial charge >= 0.3 is 11.9 Å². The molecule has 2 aromatic rings.